The average molecular weight is 260 g/mol. The second-order valence-electron chi connectivity index (χ2n) is 3.39. The summed E-state index contributed by atoms with van der Waals surface area (Å²) in [5.74, 6) is -2.37. The van der Waals surface area contributed by atoms with Gasteiger partial charge in [-0.05, 0) is 13.0 Å². The molecule has 6 nitrogen and oxygen atoms in total. The molecule has 0 bridgehead atoms. The predicted molar refractivity (Wildman–Crippen MR) is 52.8 cm³/mol. The molecule has 0 aliphatic carbocycles. The Kier molecular flexibility index (Phi) is 2.81. The van der Waals surface area contributed by atoms with E-state index in [4.69, 9.17) is 0 Å². The molecule has 2 aromatic heterocycles. The number of alkyl halides is 3. The monoisotopic (exact) mass is 260 g/mol. The van der Waals surface area contributed by atoms with Crippen molar-refractivity contribution in [3.8, 4) is 0 Å². The average Bonchev–Trinajstić information content (AvgIpc) is 2.85. The number of H-pyrrole nitrogens is 1. The van der Waals surface area contributed by atoms with E-state index in [1.807, 2.05) is 0 Å². The van der Waals surface area contributed by atoms with E-state index >= 15 is 0 Å². The molecule has 2 heterocycles. The van der Waals surface area contributed by atoms with E-state index in [2.05, 4.69) is 24.9 Å². The van der Waals surface area contributed by atoms with Crippen molar-refractivity contribution in [2.75, 3.05) is 5.32 Å². The van der Waals surface area contributed by atoms with Gasteiger partial charge in [0.2, 0.25) is 11.7 Å². The fourth-order valence-electron chi connectivity index (χ4n) is 1.33. The molecule has 2 N–H and O–H groups in total. The number of rotatable bonds is 2. The van der Waals surface area contributed by atoms with Crippen LogP contribution in [0.1, 0.15) is 21.9 Å². The number of anilines is 1. The normalized spacial score (nSPS) is 11.6. The van der Waals surface area contributed by atoms with E-state index in [1.165, 1.54) is 6.92 Å². The summed E-state index contributed by atoms with van der Waals surface area (Å²) < 4.78 is 42.3. The van der Waals surface area contributed by atoms with Gasteiger partial charge in [-0.1, -0.05) is 0 Å². The minimum Gasteiger partial charge on any atom is -0.456 e. The number of nitrogens with one attached hydrogen (secondary N) is 2. The SMILES string of the molecule is Cc1cc(C(=O)Nc2ncn[nH]2)c(C(F)(F)F)o1. The van der Waals surface area contributed by atoms with E-state index in [0.717, 1.165) is 12.4 Å². The fraction of sp³-hybridized carbons (Fsp3) is 0.222. The second kappa shape index (κ2) is 4.17. The number of furan rings is 1. The van der Waals surface area contributed by atoms with Crippen LogP contribution in [0.25, 0.3) is 0 Å². The quantitative estimate of drug-likeness (QED) is 0.864. The Morgan fingerprint density at radius 1 is 1.50 bits per heavy atom. The van der Waals surface area contributed by atoms with Crippen LogP contribution in [0.2, 0.25) is 0 Å². The minimum absolute atomic E-state index is 0.00922. The zero-order valence-corrected chi connectivity index (χ0v) is 9.00. The molecule has 0 fully saturated rings. The molecule has 0 aromatic carbocycles. The first-order valence-corrected chi connectivity index (χ1v) is 4.72. The Hall–Kier alpha value is -2.32. The second-order valence-corrected chi connectivity index (χ2v) is 3.39. The number of amides is 1. The number of hydrogen-bond acceptors (Lipinski definition) is 4. The summed E-state index contributed by atoms with van der Waals surface area (Å²) in [7, 11) is 0. The zero-order chi connectivity index (χ0) is 13.3. The first-order chi connectivity index (χ1) is 8.38. The largest absolute Gasteiger partial charge is 0.456 e. The molecule has 18 heavy (non-hydrogen) atoms. The number of carbonyl (C=O) groups is 1. The Morgan fingerprint density at radius 3 is 2.78 bits per heavy atom. The van der Waals surface area contributed by atoms with Gasteiger partial charge < -0.3 is 4.42 Å². The van der Waals surface area contributed by atoms with Gasteiger partial charge in [0.1, 0.15) is 12.1 Å². The van der Waals surface area contributed by atoms with Crippen molar-refractivity contribution < 1.29 is 22.4 Å². The molecule has 0 aliphatic rings. The Morgan fingerprint density at radius 2 is 2.22 bits per heavy atom. The lowest BCUT2D eigenvalue weighted by Crippen LogP contribution is -2.17. The predicted octanol–water partition coefficient (Wildman–Crippen LogP) is 1.98. The standard InChI is InChI=1S/C9H7F3N4O2/c1-4-2-5(6(18-4)9(10,11)12)7(17)15-8-13-3-14-16-8/h2-3H,1H3,(H2,13,14,15,16,17). The maximum atomic E-state index is 12.6. The smallest absolute Gasteiger partial charge is 0.450 e. The highest BCUT2D eigenvalue weighted by molar-refractivity contribution is 6.04. The number of aromatic amines is 1. The topological polar surface area (TPSA) is 83.8 Å². The van der Waals surface area contributed by atoms with Gasteiger partial charge in [-0.25, -0.2) is 5.10 Å². The highest BCUT2D eigenvalue weighted by Crippen LogP contribution is 2.34. The van der Waals surface area contributed by atoms with Crippen LogP contribution in [0.3, 0.4) is 0 Å². The van der Waals surface area contributed by atoms with Gasteiger partial charge in [-0.3, -0.25) is 10.1 Å². The third-order valence-electron chi connectivity index (χ3n) is 2.00. The van der Waals surface area contributed by atoms with Gasteiger partial charge in [0.25, 0.3) is 5.91 Å². The van der Waals surface area contributed by atoms with E-state index < -0.39 is 23.4 Å². The van der Waals surface area contributed by atoms with Gasteiger partial charge in [-0.2, -0.15) is 23.3 Å². The maximum Gasteiger partial charge on any atom is 0.450 e. The lowest BCUT2D eigenvalue weighted by molar-refractivity contribution is -0.153. The lowest BCUT2D eigenvalue weighted by atomic mass is 10.2. The highest BCUT2D eigenvalue weighted by Gasteiger charge is 2.40. The van der Waals surface area contributed by atoms with Gasteiger partial charge in [0, 0.05) is 0 Å². The number of carbonyl (C=O) groups excluding carboxylic acids is 1. The van der Waals surface area contributed by atoms with Crippen LogP contribution in [0.15, 0.2) is 16.8 Å². The Bertz CT molecular complexity index is 559. The van der Waals surface area contributed by atoms with Crippen LogP contribution in [0.4, 0.5) is 19.1 Å². The number of hydrogen-bond donors (Lipinski definition) is 2. The van der Waals surface area contributed by atoms with Crippen molar-refractivity contribution in [2.24, 2.45) is 0 Å². The summed E-state index contributed by atoms with van der Waals surface area (Å²) in [6.45, 7) is 1.32. The molecular formula is C9H7F3N4O2. The molecule has 0 atom stereocenters. The van der Waals surface area contributed by atoms with Crippen molar-refractivity contribution in [3.63, 3.8) is 0 Å². The fourth-order valence-corrected chi connectivity index (χ4v) is 1.33. The molecule has 0 aliphatic heterocycles. The first-order valence-electron chi connectivity index (χ1n) is 4.72. The molecule has 0 radical (unpaired) electrons. The van der Waals surface area contributed by atoms with E-state index in [-0.39, 0.29) is 11.7 Å². The number of halogens is 3. The van der Waals surface area contributed by atoms with Crippen molar-refractivity contribution in [2.45, 2.75) is 13.1 Å². The van der Waals surface area contributed by atoms with Crippen LogP contribution in [0, 0.1) is 6.92 Å². The first kappa shape index (κ1) is 12.1. The molecule has 96 valence electrons. The number of aromatic nitrogens is 3. The Balaban J connectivity index is 2.30. The summed E-state index contributed by atoms with van der Waals surface area (Å²) in [4.78, 5) is 15.2. The van der Waals surface area contributed by atoms with Crippen molar-refractivity contribution in [1.29, 1.82) is 0 Å². The van der Waals surface area contributed by atoms with Crippen LogP contribution in [-0.4, -0.2) is 21.1 Å². The molecule has 0 saturated carbocycles. The molecule has 2 rings (SSSR count). The molecular weight excluding hydrogens is 253 g/mol. The van der Waals surface area contributed by atoms with Crippen molar-refractivity contribution >= 4 is 11.9 Å². The lowest BCUT2D eigenvalue weighted by Gasteiger charge is -2.05. The molecule has 0 spiro atoms. The van der Waals surface area contributed by atoms with Crippen LogP contribution >= 0.6 is 0 Å². The van der Waals surface area contributed by atoms with E-state index in [1.54, 1.807) is 0 Å². The Labute approximate surface area is 98.2 Å². The summed E-state index contributed by atoms with van der Waals surface area (Å²) in [5.41, 5.74) is -0.601. The number of nitrogens with zero attached hydrogens (tertiary/aromatic N) is 2. The summed E-state index contributed by atoms with van der Waals surface area (Å²) >= 11 is 0. The van der Waals surface area contributed by atoms with Crippen molar-refractivity contribution in [1.82, 2.24) is 15.2 Å². The minimum atomic E-state index is -4.73. The zero-order valence-electron chi connectivity index (χ0n) is 9.00. The third kappa shape index (κ3) is 2.34. The highest BCUT2D eigenvalue weighted by atomic mass is 19.4. The van der Waals surface area contributed by atoms with E-state index in [9.17, 15) is 18.0 Å². The van der Waals surface area contributed by atoms with Gasteiger partial charge >= 0.3 is 6.18 Å². The van der Waals surface area contributed by atoms with Gasteiger partial charge in [0.15, 0.2) is 0 Å². The molecule has 1 amide bonds. The maximum absolute atomic E-state index is 12.6. The summed E-state index contributed by atoms with van der Waals surface area (Å²) in [5, 5.41) is 7.88. The van der Waals surface area contributed by atoms with Gasteiger partial charge in [0.05, 0.1) is 5.56 Å². The molecule has 0 saturated heterocycles. The van der Waals surface area contributed by atoms with Crippen molar-refractivity contribution in [3.05, 3.63) is 29.5 Å². The molecule has 9 heteroatoms. The van der Waals surface area contributed by atoms with Crippen LogP contribution < -0.4 is 5.32 Å². The summed E-state index contributed by atoms with van der Waals surface area (Å²) in [6.07, 6.45) is -3.62. The van der Waals surface area contributed by atoms with Crippen LogP contribution in [-0.2, 0) is 6.18 Å². The third-order valence-corrected chi connectivity index (χ3v) is 2.00. The van der Waals surface area contributed by atoms with Gasteiger partial charge in [-0.15, -0.1) is 0 Å². The molecule has 2 aromatic rings. The molecule has 0 unspecified atom stereocenters. The van der Waals surface area contributed by atoms with E-state index in [0.29, 0.717) is 0 Å². The summed E-state index contributed by atoms with van der Waals surface area (Å²) in [6, 6.07) is 1.01. The number of aryl methyl sites for hydroxylation is 1. The van der Waals surface area contributed by atoms with Crippen LogP contribution in [0.5, 0.6) is 0 Å².